The van der Waals surface area contributed by atoms with Crippen molar-refractivity contribution >= 4 is 28.5 Å². The number of thiazole rings is 1. The second-order valence-electron chi connectivity index (χ2n) is 4.46. The van der Waals surface area contributed by atoms with Crippen molar-refractivity contribution in [1.82, 2.24) is 4.98 Å². The Hall–Kier alpha value is -1.61. The maximum Gasteiger partial charge on any atom is 0.118 e. The van der Waals surface area contributed by atoms with Crippen LogP contribution in [0.5, 0.6) is 0 Å². The first-order chi connectivity index (χ1) is 8.92. The molecule has 0 spiro atoms. The highest BCUT2D eigenvalue weighted by atomic mass is 32.1. The Morgan fingerprint density at radius 3 is 2.89 bits per heavy atom. The van der Waals surface area contributed by atoms with E-state index < -0.39 is 0 Å². The van der Waals surface area contributed by atoms with Crippen LogP contribution in [0.15, 0.2) is 30.3 Å². The fourth-order valence-corrected chi connectivity index (χ4v) is 3.04. The van der Waals surface area contributed by atoms with Gasteiger partial charge in [-0.2, -0.15) is 0 Å². The van der Waals surface area contributed by atoms with E-state index in [4.69, 9.17) is 4.98 Å². The molecule has 0 fully saturated rings. The van der Waals surface area contributed by atoms with Crippen LogP contribution in [0.3, 0.4) is 0 Å². The molecule has 0 saturated carbocycles. The molecule has 1 aliphatic heterocycles. The SMILES string of the molecule is C(=Cc1nc2c(s1)NCCCC2)c1ccccc1. The molecule has 0 unspecified atom stereocenters. The van der Waals surface area contributed by atoms with E-state index in [9.17, 15) is 0 Å². The molecule has 0 amide bonds. The minimum absolute atomic E-state index is 1.08. The molecule has 18 heavy (non-hydrogen) atoms. The van der Waals surface area contributed by atoms with Gasteiger partial charge in [0.15, 0.2) is 0 Å². The fraction of sp³-hybridized carbons (Fsp3) is 0.267. The highest BCUT2D eigenvalue weighted by Gasteiger charge is 2.11. The van der Waals surface area contributed by atoms with Crippen LogP contribution in [0.4, 0.5) is 5.00 Å². The summed E-state index contributed by atoms with van der Waals surface area (Å²) in [6.45, 7) is 1.08. The predicted octanol–water partition coefficient (Wildman–Crippen LogP) is 4.06. The number of rotatable bonds is 2. The fourth-order valence-electron chi connectivity index (χ4n) is 2.10. The summed E-state index contributed by atoms with van der Waals surface area (Å²) in [6, 6.07) is 10.4. The average molecular weight is 256 g/mol. The van der Waals surface area contributed by atoms with E-state index in [0.717, 1.165) is 18.0 Å². The first-order valence-electron chi connectivity index (χ1n) is 6.38. The number of aryl methyl sites for hydroxylation is 1. The second kappa shape index (κ2) is 5.36. The maximum absolute atomic E-state index is 4.70. The zero-order valence-electron chi connectivity index (χ0n) is 10.2. The molecule has 0 saturated heterocycles. The number of nitrogens with zero attached hydrogens (tertiary/aromatic N) is 1. The predicted molar refractivity (Wildman–Crippen MR) is 78.9 cm³/mol. The first-order valence-corrected chi connectivity index (χ1v) is 7.20. The van der Waals surface area contributed by atoms with Gasteiger partial charge in [0.2, 0.25) is 0 Å². The molecule has 1 aromatic heterocycles. The number of hydrogen-bond donors (Lipinski definition) is 1. The Labute approximate surface area is 111 Å². The van der Waals surface area contributed by atoms with Crippen molar-refractivity contribution < 1.29 is 0 Å². The standard InChI is InChI=1S/C15H16N2S/c1-2-6-12(7-3-1)9-10-14-17-13-8-4-5-11-16-15(13)18-14/h1-3,6-7,9-10,16H,4-5,8,11H2. The molecule has 1 aromatic carbocycles. The average Bonchev–Trinajstić information content (AvgIpc) is 2.68. The molecule has 0 bridgehead atoms. The summed E-state index contributed by atoms with van der Waals surface area (Å²) in [5, 5.41) is 5.83. The van der Waals surface area contributed by atoms with Gasteiger partial charge in [-0.05, 0) is 30.9 Å². The van der Waals surface area contributed by atoms with Gasteiger partial charge in [-0.3, -0.25) is 0 Å². The minimum atomic E-state index is 1.08. The van der Waals surface area contributed by atoms with Crippen LogP contribution >= 0.6 is 11.3 Å². The van der Waals surface area contributed by atoms with Gasteiger partial charge in [0.25, 0.3) is 0 Å². The first kappa shape index (κ1) is 11.5. The summed E-state index contributed by atoms with van der Waals surface area (Å²) in [4.78, 5) is 4.70. The molecule has 0 aliphatic carbocycles. The summed E-state index contributed by atoms with van der Waals surface area (Å²) in [5.41, 5.74) is 2.46. The van der Waals surface area contributed by atoms with Crippen LogP contribution in [0.1, 0.15) is 29.1 Å². The van der Waals surface area contributed by atoms with Crippen LogP contribution < -0.4 is 5.32 Å². The molecule has 1 aliphatic rings. The molecule has 3 rings (SSSR count). The van der Waals surface area contributed by atoms with Crippen LogP contribution in [0.25, 0.3) is 12.2 Å². The summed E-state index contributed by atoms with van der Waals surface area (Å²) in [5.74, 6) is 0. The van der Waals surface area contributed by atoms with Crippen molar-refractivity contribution in [2.75, 3.05) is 11.9 Å². The summed E-state index contributed by atoms with van der Waals surface area (Å²) in [6.07, 6.45) is 7.83. The smallest absolute Gasteiger partial charge is 0.118 e. The van der Waals surface area contributed by atoms with Crippen molar-refractivity contribution in [1.29, 1.82) is 0 Å². The van der Waals surface area contributed by atoms with Crippen LogP contribution in [-0.4, -0.2) is 11.5 Å². The topological polar surface area (TPSA) is 24.9 Å². The van der Waals surface area contributed by atoms with Gasteiger partial charge in [0.1, 0.15) is 10.0 Å². The van der Waals surface area contributed by atoms with Gasteiger partial charge in [-0.25, -0.2) is 4.98 Å². The number of anilines is 1. The van der Waals surface area contributed by atoms with Gasteiger partial charge in [-0.1, -0.05) is 47.7 Å². The lowest BCUT2D eigenvalue weighted by atomic mass is 10.2. The van der Waals surface area contributed by atoms with Crippen molar-refractivity contribution in [3.63, 3.8) is 0 Å². The molecule has 2 nitrogen and oxygen atoms in total. The number of hydrogen-bond acceptors (Lipinski definition) is 3. The largest absolute Gasteiger partial charge is 0.375 e. The zero-order chi connectivity index (χ0) is 12.2. The Bertz CT molecular complexity index is 519. The van der Waals surface area contributed by atoms with Crippen LogP contribution in [-0.2, 0) is 6.42 Å². The van der Waals surface area contributed by atoms with E-state index in [1.165, 1.54) is 29.1 Å². The van der Waals surface area contributed by atoms with E-state index >= 15 is 0 Å². The van der Waals surface area contributed by atoms with Gasteiger partial charge >= 0.3 is 0 Å². The van der Waals surface area contributed by atoms with Gasteiger partial charge < -0.3 is 5.32 Å². The minimum Gasteiger partial charge on any atom is -0.375 e. The lowest BCUT2D eigenvalue weighted by Crippen LogP contribution is -1.96. The lowest BCUT2D eigenvalue weighted by molar-refractivity contribution is 0.774. The molecule has 2 aromatic rings. The monoisotopic (exact) mass is 256 g/mol. The third-order valence-corrected chi connectivity index (χ3v) is 4.08. The molecule has 2 heterocycles. The van der Waals surface area contributed by atoms with Crippen LogP contribution in [0, 0.1) is 0 Å². The molecular formula is C15H16N2S. The van der Waals surface area contributed by atoms with Crippen molar-refractivity contribution in [2.45, 2.75) is 19.3 Å². The molecular weight excluding hydrogens is 240 g/mol. The number of benzene rings is 1. The van der Waals surface area contributed by atoms with E-state index in [0.29, 0.717) is 0 Å². The maximum atomic E-state index is 4.70. The molecule has 0 atom stereocenters. The Kier molecular flexibility index (Phi) is 3.42. The third-order valence-electron chi connectivity index (χ3n) is 3.06. The normalized spacial score (nSPS) is 15.1. The van der Waals surface area contributed by atoms with Gasteiger partial charge in [0, 0.05) is 6.54 Å². The molecule has 3 heteroatoms. The quantitative estimate of drug-likeness (QED) is 0.876. The van der Waals surface area contributed by atoms with Gasteiger partial charge in [-0.15, -0.1) is 0 Å². The van der Waals surface area contributed by atoms with E-state index in [-0.39, 0.29) is 0 Å². The van der Waals surface area contributed by atoms with Gasteiger partial charge in [0.05, 0.1) is 5.69 Å². The molecule has 1 N–H and O–H groups in total. The van der Waals surface area contributed by atoms with Crippen LogP contribution in [0.2, 0.25) is 0 Å². The lowest BCUT2D eigenvalue weighted by Gasteiger charge is -1.96. The third kappa shape index (κ3) is 2.62. The highest BCUT2D eigenvalue weighted by molar-refractivity contribution is 7.16. The second-order valence-corrected chi connectivity index (χ2v) is 5.49. The van der Waals surface area contributed by atoms with Crippen molar-refractivity contribution in [2.24, 2.45) is 0 Å². The Morgan fingerprint density at radius 2 is 2.00 bits per heavy atom. The number of nitrogens with one attached hydrogen (secondary N) is 1. The van der Waals surface area contributed by atoms with Crippen molar-refractivity contribution in [3.8, 4) is 0 Å². The summed E-state index contributed by atoms with van der Waals surface area (Å²) in [7, 11) is 0. The number of aromatic nitrogens is 1. The summed E-state index contributed by atoms with van der Waals surface area (Å²) >= 11 is 1.76. The molecule has 92 valence electrons. The molecule has 0 radical (unpaired) electrons. The van der Waals surface area contributed by atoms with Crippen molar-refractivity contribution in [3.05, 3.63) is 46.6 Å². The summed E-state index contributed by atoms with van der Waals surface area (Å²) < 4.78 is 0. The highest BCUT2D eigenvalue weighted by Crippen LogP contribution is 2.29. The zero-order valence-corrected chi connectivity index (χ0v) is 11.0. The van der Waals surface area contributed by atoms with E-state index in [1.54, 1.807) is 11.3 Å². The van der Waals surface area contributed by atoms with E-state index in [2.05, 4.69) is 41.7 Å². The number of fused-ring (bicyclic) bond motifs is 1. The Balaban J connectivity index is 1.79. The Morgan fingerprint density at radius 1 is 1.11 bits per heavy atom. The van der Waals surface area contributed by atoms with E-state index in [1.807, 2.05) is 6.07 Å².